The molecular weight excluding hydrogens is 441 g/mol. The second kappa shape index (κ2) is 12.0. The standard InChI is InChI=1S/C21H29N5O3.2ClH/c1-14-6-9-25(13-17-5-4-7-22-12-17)20(28)18(14)19(27)23-8-10-26-16(3)11-15(2)24-21(26)29;;/h6,9,11,17,22H,4-5,7-8,10,12-13H2,1-3H3,(H,23,27);2*1H. The highest BCUT2D eigenvalue weighted by molar-refractivity contribution is 5.95. The monoisotopic (exact) mass is 471 g/mol. The van der Waals surface area contributed by atoms with Crippen molar-refractivity contribution in [3.63, 3.8) is 0 Å². The molecule has 31 heavy (non-hydrogen) atoms. The Hall–Kier alpha value is -2.16. The first-order chi connectivity index (χ1) is 13.9. The zero-order chi connectivity index (χ0) is 21.0. The molecule has 1 atom stereocenters. The van der Waals surface area contributed by atoms with Crippen molar-refractivity contribution in [1.82, 2.24) is 24.8 Å². The van der Waals surface area contributed by atoms with Gasteiger partial charge in [-0.15, -0.1) is 24.8 Å². The van der Waals surface area contributed by atoms with Gasteiger partial charge in [0, 0.05) is 37.2 Å². The number of piperidine rings is 1. The van der Waals surface area contributed by atoms with E-state index in [2.05, 4.69) is 15.6 Å². The molecule has 1 unspecified atom stereocenters. The Morgan fingerprint density at radius 2 is 2.00 bits per heavy atom. The van der Waals surface area contributed by atoms with Gasteiger partial charge in [-0.25, -0.2) is 4.79 Å². The normalized spacial score (nSPS) is 15.5. The number of pyridine rings is 1. The molecule has 172 valence electrons. The minimum Gasteiger partial charge on any atom is -0.350 e. The second-order valence-electron chi connectivity index (χ2n) is 7.77. The van der Waals surface area contributed by atoms with Crippen molar-refractivity contribution in [2.45, 2.75) is 46.7 Å². The van der Waals surface area contributed by atoms with Crippen molar-refractivity contribution in [2.24, 2.45) is 5.92 Å². The summed E-state index contributed by atoms with van der Waals surface area (Å²) in [5, 5.41) is 6.13. The minimum absolute atomic E-state index is 0. The number of rotatable bonds is 6. The largest absolute Gasteiger partial charge is 0.350 e. The second-order valence-corrected chi connectivity index (χ2v) is 7.77. The van der Waals surface area contributed by atoms with Gasteiger partial charge in [0.2, 0.25) is 0 Å². The van der Waals surface area contributed by atoms with E-state index >= 15 is 0 Å². The summed E-state index contributed by atoms with van der Waals surface area (Å²) < 4.78 is 3.15. The lowest BCUT2D eigenvalue weighted by atomic mass is 9.99. The lowest BCUT2D eigenvalue weighted by molar-refractivity contribution is 0.0949. The maximum atomic E-state index is 12.9. The van der Waals surface area contributed by atoms with Crippen molar-refractivity contribution >= 4 is 30.7 Å². The Balaban J connectivity index is 0.00000240. The Kier molecular flexibility index (Phi) is 10.4. The molecule has 0 aromatic carbocycles. The van der Waals surface area contributed by atoms with Crippen LogP contribution in [-0.4, -0.2) is 39.7 Å². The van der Waals surface area contributed by atoms with E-state index in [0.717, 1.165) is 31.6 Å². The average Bonchev–Trinajstić information content (AvgIpc) is 2.67. The first-order valence-corrected chi connectivity index (χ1v) is 10.1. The predicted octanol–water partition coefficient (Wildman–Crippen LogP) is 1.60. The number of nitrogens with zero attached hydrogens (tertiary/aromatic N) is 3. The highest BCUT2D eigenvalue weighted by Gasteiger charge is 2.19. The summed E-state index contributed by atoms with van der Waals surface area (Å²) in [6.07, 6.45) is 3.95. The smallest absolute Gasteiger partial charge is 0.348 e. The van der Waals surface area contributed by atoms with Crippen LogP contribution in [0, 0.1) is 26.7 Å². The van der Waals surface area contributed by atoms with E-state index in [1.807, 2.05) is 19.1 Å². The van der Waals surface area contributed by atoms with Gasteiger partial charge in [-0.1, -0.05) is 0 Å². The van der Waals surface area contributed by atoms with E-state index in [-0.39, 0.29) is 48.2 Å². The van der Waals surface area contributed by atoms with Crippen LogP contribution < -0.4 is 21.9 Å². The molecule has 3 rings (SSSR count). The van der Waals surface area contributed by atoms with E-state index < -0.39 is 5.91 Å². The van der Waals surface area contributed by atoms with E-state index in [1.165, 1.54) is 4.57 Å². The van der Waals surface area contributed by atoms with Gasteiger partial charge in [0.25, 0.3) is 11.5 Å². The van der Waals surface area contributed by atoms with E-state index in [1.54, 1.807) is 24.6 Å². The third-order valence-corrected chi connectivity index (χ3v) is 5.42. The highest BCUT2D eigenvalue weighted by Crippen LogP contribution is 2.12. The lowest BCUT2D eigenvalue weighted by Crippen LogP contribution is -2.39. The summed E-state index contributed by atoms with van der Waals surface area (Å²) in [4.78, 5) is 41.6. The lowest BCUT2D eigenvalue weighted by Gasteiger charge is -2.23. The molecule has 2 N–H and O–H groups in total. The number of nitrogens with one attached hydrogen (secondary N) is 2. The summed E-state index contributed by atoms with van der Waals surface area (Å²) in [5.74, 6) is -0.0154. The summed E-state index contributed by atoms with van der Waals surface area (Å²) in [7, 11) is 0. The maximum absolute atomic E-state index is 12.9. The van der Waals surface area contributed by atoms with Gasteiger partial charge in [-0.2, -0.15) is 4.98 Å². The van der Waals surface area contributed by atoms with Gasteiger partial charge < -0.3 is 15.2 Å². The molecule has 0 radical (unpaired) electrons. The van der Waals surface area contributed by atoms with Gasteiger partial charge in [0.15, 0.2) is 0 Å². The molecule has 0 bridgehead atoms. The SMILES string of the molecule is Cc1cc(C)n(CCNC(=O)c2c(C)ccn(CC3CCCNC3)c2=O)c(=O)n1.Cl.Cl. The van der Waals surface area contributed by atoms with Crippen LogP contribution in [0.1, 0.15) is 40.2 Å². The molecule has 1 aliphatic heterocycles. The van der Waals surface area contributed by atoms with Crippen molar-refractivity contribution < 1.29 is 4.79 Å². The molecule has 0 aliphatic carbocycles. The first kappa shape index (κ1) is 26.9. The van der Waals surface area contributed by atoms with Gasteiger partial charge in [-0.05, 0) is 70.3 Å². The number of aromatic nitrogens is 3. The number of hydrogen-bond acceptors (Lipinski definition) is 5. The maximum Gasteiger partial charge on any atom is 0.348 e. The molecular formula is C21H31Cl2N5O3. The first-order valence-electron chi connectivity index (χ1n) is 10.1. The number of hydrogen-bond donors (Lipinski definition) is 2. The third kappa shape index (κ3) is 6.66. The van der Waals surface area contributed by atoms with Crippen molar-refractivity contribution in [1.29, 1.82) is 0 Å². The molecule has 1 fully saturated rings. The zero-order valence-corrected chi connectivity index (χ0v) is 19.8. The van der Waals surface area contributed by atoms with E-state index in [9.17, 15) is 14.4 Å². The molecule has 8 nitrogen and oxygen atoms in total. The summed E-state index contributed by atoms with van der Waals surface area (Å²) in [6.45, 7) is 8.43. The molecule has 1 amide bonds. The quantitative estimate of drug-likeness (QED) is 0.666. The van der Waals surface area contributed by atoms with Crippen LogP contribution in [0.25, 0.3) is 0 Å². The molecule has 1 aliphatic rings. The highest BCUT2D eigenvalue weighted by atomic mass is 35.5. The molecule has 2 aromatic heterocycles. The number of carbonyl (C=O) groups is 1. The number of aryl methyl sites for hydroxylation is 3. The van der Waals surface area contributed by atoms with Crippen LogP contribution in [-0.2, 0) is 13.1 Å². The fourth-order valence-corrected chi connectivity index (χ4v) is 3.86. The van der Waals surface area contributed by atoms with Crippen LogP contribution in [0.5, 0.6) is 0 Å². The van der Waals surface area contributed by atoms with Crippen LogP contribution in [0.3, 0.4) is 0 Å². The van der Waals surface area contributed by atoms with E-state index in [4.69, 9.17) is 0 Å². The molecule has 0 spiro atoms. The molecule has 3 heterocycles. The van der Waals surface area contributed by atoms with Crippen molar-refractivity contribution in [3.05, 3.63) is 61.7 Å². The summed E-state index contributed by atoms with van der Waals surface area (Å²) >= 11 is 0. The topological polar surface area (TPSA) is 98.0 Å². The predicted molar refractivity (Wildman–Crippen MR) is 126 cm³/mol. The van der Waals surface area contributed by atoms with Gasteiger partial charge in [0.1, 0.15) is 5.56 Å². The number of carbonyl (C=O) groups excluding carboxylic acids is 1. The summed E-state index contributed by atoms with van der Waals surface area (Å²) in [5.41, 5.74) is 1.67. The van der Waals surface area contributed by atoms with Crippen molar-refractivity contribution in [2.75, 3.05) is 19.6 Å². The molecule has 10 heteroatoms. The number of amides is 1. The van der Waals surface area contributed by atoms with Gasteiger partial charge in [0.05, 0.1) is 0 Å². The van der Waals surface area contributed by atoms with Crippen LogP contribution in [0.4, 0.5) is 0 Å². The fraction of sp³-hybridized carbons (Fsp3) is 0.524. The molecule has 1 saturated heterocycles. The third-order valence-electron chi connectivity index (χ3n) is 5.42. The average molecular weight is 472 g/mol. The Bertz CT molecular complexity index is 1010. The minimum atomic E-state index is -0.408. The van der Waals surface area contributed by atoms with Crippen LogP contribution in [0.15, 0.2) is 27.9 Å². The van der Waals surface area contributed by atoms with Crippen LogP contribution >= 0.6 is 24.8 Å². The van der Waals surface area contributed by atoms with Crippen molar-refractivity contribution in [3.8, 4) is 0 Å². The molecule has 0 saturated carbocycles. The van der Waals surface area contributed by atoms with Crippen LogP contribution in [0.2, 0.25) is 0 Å². The van der Waals surface area contributed by atoms with E-state index in [0.29, 0.717) is 30.3 Å². The zero-order valence-electron chi connectivity index (χ0n) is 18.1. The fourth-order valence-electron chi connectivity index (χ4n) is 3.86. The Morgan fingerprint density at radius 3 is 2.65 bits per heavy atom. The molecule has 2 aromatic rings. The Labute approximate surface area is 194 Å². The number of halogens is 2. The van der Waals surface area contributed by atoms with Gasteiger partial charge in [-0.3, -0.25) is 14.2 Å². The summed E-state index contributed by atoms with van der Waals surface area (Å²) in [6, 6.07) is 3.63. The Morgan fingerprint density at radius 1 is 1.26 bits per heavy atom. The van der Waals surface area contributed by atoms with Gasteiger partial charge >= 0.3 is 5.69 Å².